The molecule has 0 saturated carbocycles. The molecule has 0 saturated heterocycles. The number of rotatable bonds is 7. The number of hydrogen-bond donors (Lipinski definition) is 1. The van der Waals surface area contributed by atoms with Crippen molar-refractivity contribution in [3.05, 3.63) is 63.7 Å². The molecule has 0 aliphatic rings. The Labute approximate surface area is 155 Å². The van der Waals surface area contributed by atoms with Gasteiger partial charge in [-0.05, 0) is 69.4 Å². The van der Waals surface area contributed by atoms with Crippen LogP contribution in [0.1, 0.15) is 35.6 Å². The summed E-state index contributed by atoms with van der Waals surface area (Å²) in [5.74, 6) is 0.566. The number of carbonyl (C=O) groups is 1. The van der Waals surface area contributed by atoms with E-state index in [1.165, 1.54) is 11.1 Å². The first-order valence-electron chi connectivity index (χ1n) is 8.63. The summed E-state index contributed by atoms with van der Waals surface area (Å²) in [5, 5.41) is 3.67. The Hall–Kier alpha value is -2.00. The van der Waals surface area contributed by atoms with E-state index in [0.717, 1.165) is 29.0 Å². The Balaban J connectivity index is 1.77. The number of halogens is 1. The fraction of sp³-hybridized carbons (Fsp3) is 0.381. The summed E-state index contributed by atoms with van der Waals surface area (Å²) in [6, 6.07) is 12.2. The number of hydrogen-bond acceptors (Lipinski definition) is 2. The van der Waals surface area contributed by atoms with Crippen molar-refractivity contribution >= 4 is 17.5 Å². The van der Waals surface area contributed by atoms with Crippen LogP contribution in [0.3, 0.4) is 0 Å². The zero-order valence-electron chi connectivity index (χ0n) is 15.4. The van der Waals surface area contributed by atoms with Crippen LogP contribution in [0.2, 0.25) is 5.02 Å². The summed E-state index contributed by atoms with van der Waals surface area (Å²) in [6.07, 6.45) is 1.31. The van der Waals surface area contributed by atoms with Gasteiger partial charge >= 0.3 is 0 Å². The fourth-order valence-corrected chi connectivity index (χ4v) is 2.74. The van der Waals surface area contributed by atoms with Gasteiger partial charge in [-0.25, -0.2) is 0 Å². The van der Waals surface area contributed by atoms with Crippen molar-refractivity contribution in [1.29, 1.82) is 0 Å². The maximum Gasteiger partial charge on any atom is 0.260 e. The largest absolute Gasteiger partial charge is 0.481 e. The molecule has 1 N–H and O–H groups in total. The molecule has 0 aliphatic heterocycles. The summed E-state index contributed by atoms with van der Waals surface area (Å²) in [5.41, 5.74) is 4.44. The van der Waals surface area contributed by atoms with Gasteiger partial charge in [0.2, 0.25) is 0 Å². The van der Waals surface area contributed by atoms with E-state index >= 15 is 0 Å². The first-order valence-corrected chi connectivity index (χ1v) is 9.01. The highest BCUT2D eigenvalue weighted by molar-refractivity contribution is 6.32. The molecular formula is C21H26ClNO2. The van der Waals surface area contributed by atoms with Crippen molar-refractivity contribution in [2.75, 3.05) is 6.54 Å². The van der Waals surface area contributed by atoms with Crippen LogP contribution >= 0.6 is 11.6 Å². The van der Waals surface area contributed by atoms with E-state index in [9.17, 15) is 4.79 Å². The topological polar surface area (TPSA) is 38.3 Å². The molecule has 3 nitrogen and oxygen atoms in total. The highest BCUT2D eigenvalue weighted by Gasteiger charge is 2.15. The molecular weight excluding hydrogens is 334 g/mol. The second-order valence-corrected chi connectivity index (χ2v) is 6.89. The van der Waals surface area contributed by atoms with E-state index in [0.29, 0.717) is 12.3 Å². The van der Waals surface area contributed by atoms with Crippen LogP contribution in [0.5, 0.6) is 5.75 Å². The molecule has 1 amide bonds. The van der Waals surface area contributed by atoms with Crippen LogP contribution in [-0.2, 0) is 11.2 Å². The number of ether oxygens (including phenoxy) is 1. The standard InChI is InChI=1S/C21H26ClNO2/c1-14-7-9-18(10-8-14)6-5-11-23-21(24)17(4)25-19-12-15(2)20(22)16(3)13-19/h7-10,12-13,17H,5-6,11H2,1-4H3,(H,23,24)/t17-/m0/s1. The van der Waals surface area contributed by atoms with E-state index in [1.54, 1.807) is 6.92 Å². The average Bonchev–Trinajstić information content (AvgIpc) is 2.57. The predicted octanol–water partition coefficient (Wildman–Crippen LogP) is 4.78. The Morgan fingerprint density at radius 3 is 2.32 bits per heavy atom. The van der Waals surface area contributed by atoms with Gasteiger partial charge in [0, 0.05) is 11.6 Å². The smallest absolute Gasteiger partial charge is 0.260 e. The third-order valence-electron chi connectivity index (χ3n) is 4.15. The van der Waals surface area contributed by atoms with Crippen LogP contribution in [0, 0.1) is 20.8 Å². The number of aryl methyl sites for hydroxylation is 4. The minimum atomic E-state index is -0.542. The fourth-order valence-electron chi connectivity index (χ4n) is 2.63. The Morgan fingerprint density at radius 1 is 1.12 bits per heavy atom. The highest BCUT2D eigenvalue weighted by atomic mass is 35.5. The minimum absolute atomic E-state index is 0.103. The summed E-state index contributed by atoms with van der Waals surface area (Å²) in [7, 11) is 0. The number of carbonyl (C=O) groups excluding carboxylic acids is 1. The number of nitrogens with one attached hydrogen (secondary N) is 1. The molecule has 2 aromatic carbocycles. The molecule has 0 fully saturated rings. The maximum atomic E-state index is 12.2. The zero-order chi connectivity index (χ0) is 18.4. The maximum absolute atomic E-state index is 12.2. The number of amides is 1. The van der Waals surface area contributed by atoms with Gasteiger partial charge in [0.25, 0.3) is 5.91 Å². The van der Waals surface area contributed by atoms with Gasteiger partial charge in [-0.15, -0.1) is 0 Å². The van der Waals surface area contributed by atoms with Gasteiger partial charge in [-0.1, -0.05) is 41.4 Å². The summed E-state index contributed by atoms with van der Waals surface area (Å²) in [6.45, 7) is 8.33. The van der Waals surface area contributed by atoms with Gasteiger partial charge in [0.1, 0.15) is 5.75 Å². The van der Waals surface area contributed by atoms with Crippen LogP contribution in [-0.4, -0.2) is 18.6 Å². The molecule has 1 atom stereocenters. The second kappa shape index (κ2) is 8.91. The number of benzene rings is 2. The van der Waals surface area contributed by atoms with Gasteiger partial charge in [-0.2, -0.15) is 0 Å². The van der Waals surface area contributed by atoms with E-state index in [2.05, 4.69) is 36.5 Å². The molecule has 0 aliphatic carbocycles. The van der Waals surface area contributed by atoms with Gasteiger partial charge in [0.05, 0.1) is 0 Å². The molecule has 0 aromatic heterocycles. The predicted molar refractivity (Wildman–Crippen MR) is 104 cm³/mol. The van der Waals surface area contributed by atoms with E-state index in [1.807, 2.05) is 26.0 Å². The molecule has 0 spiro atoms. The molecule has 0 heterocycles. The highest BCUT2D eigenvalue weighted by Crippen LogP contribution is 2.26. The molecule has 0 unspecified atom stereocenters. The van der Waals surface area contributed by atoms with Gasteiger partial charge in [0.15, 0.2) is 6.10 Å². The monoisotopic (exact) mass is 359 g/mol. The molecule has 25 heavy (non-hydrogen) atoms. The Bertz CT molecular complexity index is 702. The first-order chi connectivity index (χ1) is 11.9. The van der Waals surface area contributed by atoms with Crippen molar-refractivity contribution < 1.29 is 9.53 Å². The lowest BCUT2D eigenvalue weighted by molar-refractivity contribution is -0.127. The van der Waals surface area contributed by atoms with Crippen molar-refractivity contribution in [3.63, 3.8) is 0 Å². The zero-order valence-corrected chi connectivity index (χ0v) is 16.1. The minimum Gasteiger partial charge on any atom is -0.481 e. The van der Waals surface area contributed by atoms with Crippen molar-refractivity contribution in [1.82, 2.24) is 5.32 Å². The van der Waals surface area contributed by atoms with Gasteiger partial charge < -0.3 is 10.1 Å². The second-order valence-electron chi connectivity index (χ2n) is 6.51. The van der Waals surface area contributed by atoms with Crippen molar-refractivity contribution in [2.45, 2.75) is 46.6 Å². The Kier molecular flexibility index (Phi) is 6.89. The average molecular weight is 360 g/mol. The van der Waals surface area contributed by atoms with Crippen LogP contribution in [0.4, 0.5) is 0 Å². The van der Waals surface area contributed by atoms with Crippen LogP contribution < -0.4 is 10.1 Å². The molecule has 0 radical (unpaired) electrons. The summed E-state index contributed by atoms with van der Waals surface area (Å²) in [4.78, 5) is 12.2. The summed E-state index contributed by atoms with van der Waals surface area (Å²) >= 11 is 6.16. The third kappa shape index (κ3) is 5.79. The van der Waals surface area contributed by atoms with Crippen LogP contribution in [0.25, 0.3) is 0 Å². The van der Waals surface area contributed by atoms with Gasteiger partial charge in [-0.3, -0.25) is 4.79 Å². The Morgan fingerprint density at radius 2 is 1.72 bits per heavy atom. The lowest BCUT2D eigenvalue weighted by Gasteiger charge is -2.16. The molecule has 4 heteroatoms. The van der Waals surface area contributed by atoms with Crippen LogP contribution in [0.15, 0.2) is 36.4 Å². The lowest BCUT2D eigenvalue weighted by atomic mass is 10.1. The third-order valence-corrected chi connectivity index (χ3v) is 4.75. The molecule has 0 bridgehead atoms. The van der Waals surface area contributed by atoms with E-state index in [-0.39, 0.29) is 5.91 Å². The quantitative estimate of drug-likeness (QED) is 0.722. The molecule has 2 aromatic rings. The van der Waals surface area contributed by atoms with E-state index < -0.39 is 6.10 Å². The molecule has 134 valence electrons. The van der Waals surface area contributed by atoms with E-state index in [4.69, 9.17) is 16.3 Å². The van der Waals surface area contributed by atoms with Crippen molar-refractivity contribution in [3.8, 4) is 5.75 Å². The molecule has 2 rings (SSSR count). The SMILES string of the molecule is Cc1ccc(CCCNC(=O)[C@H](C)Oc2cc(C)c(Cl)c(C)c2)cc1. The van der Waals surface area contributed by atoms with Crippen molar-refractivity contribution in [2.24, 2.45) is 0 Å². The summed E-state index contributed by atoms with van der Waals surface area (Å²) < 4.78 is 5.75. The normalized spacial score (nSPS) is 11.9. The first kappa shape index (κ1) is 19.3. The lowest BCUT2D eigenvalue weighted by Crippen LogP contribution is -2.37.